The van der Waals surface area contributed by atoms with Gasteiger partial charge >= 0.3 is 5.97 Å². The van der Waals surface area contributed by atoms with Crippen molar-refractivity contribution in [3.05, 3.63) is 29.8 Å². The Kier molecular flexibility index (Phi) is 4.83. The standard InChI is InChI=1S/C13H18O3/c1-10(9-13(14)15)7-8-11-5-3-4-6-12(11)16-2/h3-6,10H,7-9H2,1-2H3,(H,14,15). The van der Waals surface area contributed by atoms with E-state index in [1.54, 1.807) is 7.11 Å². The molecule has 0 saturated carbocycles. The van der Waals surface area contributed by atoms with Crippen molar-refractivity contribution in [3.8, 4) is 5.75 Å². The lowest BCUT2D eigenvalue weighted by atomic mass is 9.98. The minimum atomic E-state index is -0.729. The van der Waals surface area contributed by atoms with Crippen LogP contribution in [0.5, 0.6) is 5.75 Å². The number of carbonyl (C=O) groups is 1. The second kappa shape index (κ2) is 6.16. The van der Waals surface area contributed by atoms with Crippen LogP contribution in [0.3, 0.4) is 0 Å². The van der Waals surface area contributed by atoms with Crippen LogP contribution in [0.15, 0.2) is 24.3 Å². The van der Waals surface area contributed by atoms with Crippen LogP contribution in [0.4, 0.5) is 0 Å². The van der Waals surface area contributed by atoms with E-state index in [0.29, 0.717) is 0 Å². The number of methoxy groups -OCH3 is 1. The predicted octanol–water partition coefficient (Wildman–Crippen LogP) is 2.74. The molecule has 0 saturated heterocycles. The van der Waals surface area contributed by atoms with E-state index in [0.717, 1.165) is 24.2 Å². The second-order valence-corrected chi connectivity index (χ2v) is 4.05. The Bertz CT molecular complexity index is 347. The van der Waals surface area contributed by atoms with Crippen molar-refractivity contribution in [2.45, 2.75) is 26.2 Å². The first kappa shape index (κ1) is 12.6. The molecule has 0 spiro atoms. The van der Waals surface area contributed by atoms with Gasteiger partial charge in [-0.3, -0.25) is 4.79 Å². The van der Waals surface area contributed by atoms with E-state index in [-0.39, 0.29) is 12.3 Å². The van der Waals surface area contributed by atoms with E-state index >= 15 is 0 Å². The highest BCUT2D eigenvalue weighted by Crippen LogP contribution is 2.21. The molecule has 16 heavy (non-hydrogen) atoms. The number of aryl methyl sites for hydroxylation is 1. The normalized spacial score (nSPS) is 12.1. The van der Waals surface area contributed by atoms with Crippen molar-refractivity contribution in [1.82, 2.24) is 0 Å². The maximum atomic E-state index is 10.5. The Labute approximate surface area is 96.1 Å². The Morgan fingerprint density at radius 2 is 2.12 bits per heavy atom. The van der Waals surface area contributed by atoms with Gasteiger partial charge in [-0.05, 0) is 30.4 Å². The number of ether oxygens (including phenoxy) is 1. The Morgan fingerprint density at radius 1 is 1.44 bits per heavy atom. The highest BCUT2D eigenvalue weighted by atomic mass is 16.5. The van der Waals surface area contributed by atoms with Crippen LogP contribution in [0.2, 0.25) is 0 Å². The fraction of sp³-hybridized carbons (Fsp3) is 0.462. The average Bonchev–Trinajstić information content (AvgIpc) is 2.26. The van der Waals surface area contributed by atoms with Gasteiger partial charge < -0.3 is 9.84 Å². The number of rotatable bonds is 6. The summed E-state index contributed by atoms with van der Waals surface area (Å²) < 4.78 is 5.24. The fourth-order valence-corrected chi connectivity index (χ4v) is 1.71. The van der Waals surface area contributed by atoms with Gasteiger partial charge in [-0.2, -0.15) is 0 Å². The van der Waals surface area contributed by atoms with Crippen LogP contribution >= 0.6 is 0 Å². The third kappa shape index (κ3) is 3.93. The summed E-state index contributed by atoms with van der Waals surface area (Å²) in [7, 11) is 1.65. The van der Waals surface area contributed by atoms with Crippen LogP contribution in [-0.4, -0.2) is 18.2 Å². The molecule has 0 aromatic heterocycles. The molecule has 0 aliphatic heterocycles. The summed E-state index contributed by atoms with van der Waals surface area (Å²) in [5.74, 6) is 0.347. The third-order valence-electron chi connectivity index (χ3n) is 2.62. The Hall–Kier alpha value is -1.51. The molecule has 1 N–H and O–H groups in total. The van der Waals surface area contributed by atoms with Crippen LogP contribution in [0.1, 0.15) is 25.3 Å². The van der Waals surface area contributed by atoms with Crippen molar-refractivity contribution in [2.75, 3.05) is 7.11 Å². The Morgan fingerprint density at radius 3 is 2.75 bits per heavy atom. The highest BCUT2D eigenvalue weighted by Gasteiger charge is 2.09. The molecule has 0 fully saturated rings. The number of hydrogen-bond acceptors (Lipinski definition) is 2. The lowest BCUT2D eigenvalue weighted by Crippen LogP contribution is -2.05. The molecule has 0 bridgehead atoms. The van der Waals surface area contributed by atoms with Crippen molar-refractivity contribution >= 4 is 5.97 Å². The molecule has 0 radical (unpaired) electrons. The molecule has 0 amide bonds. The summed E-state index contributed by atoms with van der Waals surface area (Å²) in [5.41, 5.74) is 1.14. The molecule has 88 valence electrons. The van der Waals surface area contributed by atoms with Gasteiger partial charge in [-0.1, -0.05) is 25.1 Å². The monoisotopic (exact) mass is 222 g/mol. The summed E-state index contributed by atoms with van der Waals surface area (Å²) in [6, 6.07) is 7.85. The summed E-state index contributed by atoms with van der Waals surface area (Å²) in [6.07, 6.45) is 1.96. The van der Waals surface area contributed by atoms with Crippen LogP contribution in [-0.2, 0) is 11.2 Å². The molecule has 3 nitrogen and oxygen atoms in total. The molecule has 1 atom stereocenters. The topological polar surface area (TPSA) is 46.5 Å². The van der Waals surface area contributed by atoms with Gasteiger partial charge in [0.2, 0.25) is 0 Å². The molecule has 3 heteroatoms. The van der Waals surface area contributed by atoms with Crippen LogP contribution in [0, 0.1) is 5.92 Å². The second-order valence-electron chi connectivity index (χ2n) is 4.05. The number of carboxylic acid groups (broad SMARTS) is 1. The lowest BCUT2D eigenvalue weighted by molar-refractivity contribution is -0.138. The predicted molar refractivity (Wildman–Crippen MR) is 62.7 cm³/mol. The SMILES string of the molecule is COc1ccccc1CCC(C)CC(=O)O. The maximum Gasteiger partial charge on any atom is 0.303 e. The number of para-hydroxylation sites is 1. The zero-order valence-electron chi connectivity index (χ0n) is 9.77. The third-order valence-corrected chi connectivity index (χ3v) is 2.62. The first-order chi connectivity index (χ1) is 7.63. The van der Waals surface area contributed by atoms with E-state index in [2.05, 4.69) is 0 Å². The van der Waals surface area contributed by atoms with Gasteiger partial charge in [0, 0.05) is 6.42 Å². The minimum Gasteiger partial charge on any atom is -0.496 e. The molecule has 1 rings (SSSR count). The van der Waals surface area contributed by atoms with Gasteiger partial charge in [0.15, 0.2) is 0 Å². The average molecular weight is 222 g/mol. The molecule has 1 unspecified atom stereocenters. The molecule has 0 heterocycles. The van der Waals surface area contributed by atoms with Gasteiger partial charge in [-0.15, -0.1) is 0 Å². The van der Waals surface area contributed by atoms with E-state index in [1.165, 1.54) is 0 Å². The van der Waals surface area contributed by atoms with Gasteiger partial charge in [0.05, 0.1) is 7.11 Å². The first-order valence-corrected chi connectivity index (χ1v) is 5.47. The van der Waals surface area contributed by atoms with Crippen molar-refractivity contribution in [3.63, 3.8) is 0 Å². The van der Waals surface area contributed by atoms with Gasteiger partial charge in [0.1, 0.15) is 5.75 Å². The van der Waals surface area contributed by atoms with Crippen molar-refractivity contribution < 1.29 is 14.6 Å². The minimum absolute atomic E-state index is 0.197. The van der Waals surface area contributed by atoms with Gasteiger partial charge in [0.25, 0.3) is 0 Å². The fourth-order valence-electron chi connectivity index (χ4n) is 1.71. The zero-order valence-corrected chi connectivity index (χ0v) is 9.77. The summed E-state index contributed by atoms with van der Waals surface area (Å²) in [5, 5.41) is 8.66. The lowest BCUT2D eigenvalue weighted by Gasteiger charge is -2.11. The largest absolute Gasteiger partial charge is 0.496 e. The highest BCUT2D eigenvalue weighted by molar-refractivity contribution is 5.66. The number of aliphatic carboxylic acids is 1. The quantitative estimate of drug-likeness (QED) is 0.805. The molecule has 1 aromatic carbocycles. The molecular weight excluding hydrogens is 204 g/mol. The first-order valence-electron chi connectivity index (χ1n) is 5.47. The molecule has 0 aliphatic rings. The van der Waals surface area contributed by atoms with E-state index < -0.39 is 5.97 Å². The smallest absolute Gasteiger partial charge is 0.303 e. The summed E-state index contributed by atoms with van der Waals surface area (Å²) >= 11 is 0. The van der Waals surface area contributed by atoms with Crippen molar-refractivity contribution in [2.24, 2.45) is 5.92 Å². The van der Waals surface area contributed by atoms with Crippen LogP contribution in [0.25, 0.3) is 0 Å². The van der Waals surface area contributed by atoms with E-state index in [9.17, 15) is 4.79 Å². The number of carboxylic acids is 1. The maximum absolute atomic E-state index is 10.5. The summed E-state index contributed by atoms with van der Waals surface area (Å²) in [4.78, 5) is 10.5. The molecular formula is C13H18O3. The summed E-state index contributed by atoms with van der Waals surface area (Å²) in [6.45, 7) is 1.96. The van der Waals surface area contributed by atoms with E-state index in [1.807, 2.05) is 31.2 Å². The van der Waals surface area contributed by atoms with Crippen LogP contribution < -0.4 is 4.74 Å². The zero-order chi connectivity index (χ0) is 12.0. The molecule has 0 aliphatic carbocycles. The van der Waals surface area contributed by atoms with Gasteiger partial charge in [-0.25, -0.2) is 0 Å². The molecule has 1 aromatic rings. The van der Waals surface area contributed by atoms with Crippen molar-refractivity contribution in [1.29, 1.82) is 0 Å². The number of hydrogen-bond donors (Lipinski definition) is 1. The van der Waals surface area contributed by atoms with E-state index in [4.69, 9.17) is 9.84 Å². The number of benzene rings is 1. The Balaban J connectivity index is 2.50.